The van der Waals surface area contributed by atoms with Gasteiger partial charge in [-0.2, -0.15) is 5.26 Å². The Kier molecular flexibility index (Phi) is 7.79. The average Bonchev–Trinajstić information content (AvgIpc) is 3.34. The molecule has 0 radical (unpaired) electrons. The zero-order valence-electron chi connectivity index (χ0n) is 22.7. The monoisotopic (exact) mass is 573 g/mol. The molecule has 10 heteroatoms. The number of hydrogen-bond donors (Lipinski definition) is 3. The van der Waals surface area contributed by atoms with E-state index in [4.69, 9.17) is 16.2 Å². The molecule has 5 N–H and O–H groups in total. The molecule has 1 aromatic carbocycles. The molecule has 1 aliphatic rings. The molecule has 0 aliphatic heterocycles. The Morgan fingerprint density at radius 1 is 1.12 bits per heavy atom. The number of nitrogens with zero attached hydrogens (tertiary/aromatic N) is 2. The minimum atomic E-state index is -0.444. The maximum absolute atomic E-state index is 13.7. The van der Waals surface area contributed by atoms with Crippen molar-refractivity contribution in [3.63, 3.8) is 0 Å². The zero-order chi connectivity index (χ0) is 28.6. The van der Waals surface area contributed by atoms with E-state index >= 15 is 0 Å². The van der Waals surface area contributed by atoms with Crippen LogP contribution in [0.25, 0.3) is 21.3 Å². The molecule has 1 amide bonds. The summed E-state index contributed by atoms with van der Waals surface area (Å²) in [6, 6.07) is 10.1. The van der Waals surface area contributed by atoms with E-state index in [-0.39, 0.29) is 28.6 Å². The van der Waals surface area contributed by atoms with Crippen LogP contribution in [0.4, 0.5) is 16.5 Å². The van der Waals surface area contributed by atoms with Crippen molar-refractivity contribution in [2.75, 3.05) is 23.4 Å². The molecular weight excluding hydrogens is 542 g/mol. The quantitative estimate of drug-likeness (QED) is 0.168. The van der Waals surface area contributed by atoms with Crippen molar-refractivity contribution < 1.29 is 14.3 Å². The number of thiophene rings is 2. The number of nitriles is 1. The fraction of sp³-hybridized carbons (Fsp3) is 0.333. The number of nitrogen functional groups attached to an aromatic ring is 2. The Balaban J connectivity index is 1.60. The van der Waals surface area contributed by atoms with Gasteiger partial charge in [0.25, 0.3) is 5.91 Å². The summed E-state index contributed by atoms with van der Waals surface area (Å²) in [6.07, 6.45) is 4.78. The highest BCUT2D eigenvalue weighted by atomic mass is 32.1. The summed E-state index contributed by atoms with van der Waals surface area (Å²) in [5.41, 5.74) is 17.2. The van der Waals surface area contributed by atoms with E-state index in [0.29, 0.717) is 32.3 Å². The first-order chi connectivity index (χ1) is 19.2. The lowest BCUT2D eigenvalue weighted by molar-refractivity contribution is 0.0527. The molecule has 8 nitrogen and oxygen atoms in total. The number of fused-ring (bicyclic) bond motifs is 2. The van der Waals surface area contributed by atoms with Crippen LogP contribution in [-0.2, 0) is 17.6 Å². The highest BCUT2D eigenvalue weighted by Crippen LogP contribution is 2.44. The molecule has 0 bridgehead atoms. The number of amides is 1. The Labute approximate surface area is 241 Å². The van der Waals surface area contributed by atoms with Crippen molar-refractivity contribution in [1.82, 2.24) is 4.98 Å². The van der Waals surface area contributed by atoms with Gasteiger partial charge in [-0.05, 0) is 55.2 Å². The number of anilines is 3. The summed E-state index contributed by atoms with van der Waals surface area (Å²) >= 11 is 2.54. The number of pyridine rings is 1. The number of aryl methyl sites for hydroxylation is 1. The fourth-order valence-corrected chi connectivity index (χ4v) is 7.46. The first-order valence-electron chi connectivity index (χ1n) is 13.4. The number of esters is 1. The largest absolute Gasteiger partial charge is 0.462 e. The minimum absolute atomic E-state index is 0.0812. The second-order valence-corrected chi connectivity index (χ2v) is 12.2. The number of rotatable bonds is 6. The van der Waals surface area contributed by atoms with Gasteiger partial charge in [-0.1, -0.05) is 44.5 Å². The highest BCUT2D eigenvalue weighted by molar-refractivity contribution is 7.21. The van der Waals surface area contributed by atoms with E-state index in [0.717, 1.165) is 65.0 Å². The summed E-state index contributed by atoms with van der Waals surface area (Å²) in [5, 5.41) is 13.9. The van der Waals surface area contributed by atoms with Crippen LogP contribution in [-0.4, -0.2) is 23.5 Å². The van der Waals surface area contributed by atoms with Crippen molar-refractivity contribution in [2.24, 2.45) is 0 Å². The number of carbonyl (C=O) groups excluding carboxylic acids is 2. The van der Waals surface area contributed by atoms with Gasteiger partial charge in [0.15, 0.2) is 0 Å². The van der Waals surface area contributed by atoms with Gasteiger partial charge in [0.05, 0.1) is 17.9 Å². The number of ether oxygens (including phenoxy) is 1. The first kappa shape index (κ1) is 27.6. The molecule has 4 aromatic rings. The van der Waals surface area contributed by atoms with Gasteiger partial charge >= 0.3 is 5.97 Å². The van der Waals surface area contributed by atoms with Gasteiger partial charge in [-0.15, -0.1) is 22.7 Å². The molecule has 0 saturated carbocycles. The minimum Gasteiger partial charge on any atom is -0.462 e. The molecule has 0 fully saturated rings. The average molecular weight is 574 g/mol. The molecule has 0 spiro atoms. The number of nitrogens with two attached hydrogens (primary N) is 2. The van der Waals surface area contributed by atoms with Crippen molar-refractivity contribution in [3.05, 3.63) is 56.3 Å². The Morgan fingerprint density at radius 3 is 2.52 bits per heavy atom. The maximum atomic E-state index is 13.7. The topological polar surface area (TPSA) is 144 Å². The third kappa shape index (κ3) is 4.91. The van der Waals surface area contributed by atoms with Crippen LogP contribution in [0.2, 0.25) is 0 Å². The molecule has 0 saturated heterocycles. The van der Waals surface area contributed by atoms with Crippen LogP contribution in [0.15, 0.2) is 24.3 Å². The van der Waals surface area contributed by atoms with Crippen LogP contribution in [0.3, 0.4) is 0 Å². The third-order valence-corrected chi connectivity index (χ3v) is 9.52. The molecule has 40 heavy (non-hydrogen) atoms. The third-order valence-electron chi connectivity index (χ3n) is 7.22. The summed E-state index contributed by atoms with van der Waals surface area (Å²) < 4.78 is 5.36. The van der Waals surface area contributed by atoms with E-state index in [1.54, 1.807) is 6.92 Å². The smallest absolute Gasteiger partial charge is 0.341 e. The van der Waals surface area contributed by atoms with E-state index < -0.39 is 11.9 Å². The lowest BCUT2D eigenvalue weighted by Crippen LogP contribution is -2.15. The molecule has 1 aliphatic carbocycles. The van der Waals surface area contributed by atoms with Crippen LogP contribution in [0.1, 0.15) is 87.5 Å². The zero-order valence-corrected chi connectivity index (χ0v) is 24.4. The van der Waals surface area contributed by atoms with Crippen molar-refractivity contribution >= 4 is 61.3 Å². The fourth-order valence-electron chi connectivity index (χ4n) is 5.19. The SMILES string of the molecule is CCOC(=O)c1c(NC(=O)c2sc3nc(N)c(C#N)c(-c4ccc(C(C)C)cc4)c3c2N)sc2c1CCCCC2. The maximum Gasteiger partial charge on any atom is 0.341 e. The summed E-state index contributed by atoms with van der Waals surface area (Å²) in [5.74, 6) is -0.444. The number of hydrogen-bond acceptors (Lipinski definition) is 9. The van der Waals surface area contributed by atoms with Gasteiger partial charge < -0.3 is 21.5 Å². The van der Waals surface area contributed by atoms with Crippen molar-refractivity contribution in [1.29, 1.82) is 5.26 Å². The summed E-state index contributed by atoms with van der Waals surface area (Å²) in [6.45, 7) is 6.23. The summed E-state index contributed by atoms with van der Waals surface area (Å²) in [4.78, 5) is 32.9. The lowest BCUT2D eigenvalue weighted by Gasteiger charge is -2.11. The number of nitrogens with one attached hydrogen (secondary N) is 1. The molecule has 3 aromatic heterocycles. The molecule has 3 heterocycles. The van der Waals surface area contributed by atoms with Crippen LogP contribution >= 0.6 is 22.7 Å². The van der Waals surface area contributed by atoms with Crippen LogP contribution in [0.5, 0.6) is 0 Å². The standard InChI is InChI=1S/C30H31N5O3S2/c1-4-38-30(37)22-18-8-6-5-7-9-20(18)39-28(22)35-27(36)25-24(32)23-21(17-12-10-16(11-13-17)15(2)3)19(14-31)26(33)34-29(23)40-25/h10-13,15H,4-9,32H2,1-3H3,(H2,33,34)(H,35,36). The Morgan fingerprint density at radius 2 is 1.85 bits per heavy atom. The molecule has 5 rings (SSSR count). The predicted octanol–water partition coefficient (Wildman–Crippen LogP) is 6.88. The summed E-state index contributed by atoms with van der Waals surface area (Å²) in [7, 11) is 0. The Bertz CT molecular complexity index is 1660. The van der Waals surface area contributed by atoms with Gasteiger partial charge in [0.2, 0.25) is 0 Å². The van der Waals surface area contributed by atoms with Gasteiger partial charge in [0.1, 0.15) is 32.2 Å². The highest BCUT2D eigenvalue weighted by Gasteiger charge is 2.29. The number of benzene rings is 1. The van der Waals surface area contributed by atoms with E-state index in [2.05, 4.69) is 30.2 Å². The molecule has 0 atom stereocenters. The molecule has 0 unspecified atom stereocenters. The van der Waals surface area contributed by atoms with Gasteiger partial charge in [0, 0.05) is 15.8 Å². The van der Waals surface area contributed by atoms with Gasteiger partial charge in [-0.25, -0.2) is 9.78 Å². The second-order valence-electron chi connectivity index (χ2n) is 10.1. The molecular formula is C30H31N5O3S2. The lowest BCUT2D eigenvalue weighted by atomic mass is 9.94. The second kappa shape index (κ2) is 11.3. The molecule has 206 valence electrons. The predicted molar refractivity (Wildman–Crippen MR) is 162 cm³/mol. The van der Waals surface area contributed by atoms with Crippen molar-refractivity contribution in [2.45, 2.75) is 58.8 Å². The number of aromatic nitrogens is 1. The van der Waals surface area contributed by atoms with E-state index in [1.807, 2.05) is 24.3 Å². The van der Waals surface area contributed by atoms with Gasteiger partial charge in [-0.3, -0.25) is 4.79 Å². The Hall–Kier alpha value is -3.94. The van der Waals surface area contributed by atoms with Crippen LogP contribution in [0, 0.1) is 11.3 Å². The normalized spacial score (nSPS) is 13.1. The number of carbonyl (C=O) groups is 2. The van der Waals surface area contributed by atoms with Crippen molar-refractivity contribution in [3.8, 4) is 17.2 Å². The first-order valence-corrected chi connectivity index (χ1v) is 15.0. The van der Waals surface area contributed by atoms with Crippen LogP contribution < -0.4 is 16.8 Å². The van der Waals surface area contributed by atoms with E-state index in [1.165, 1.54) is 11.3 Å². The van der Waals surface area contributed by atoms with E-state index in [9.17, 15) is 14.9 Å².